The Bertz CT molecular complexity index is 912. The van der Waals surface area contributed by atoms with Crippen LogP contribution in [0.25, 0.3) is 33.0 Å². The number of rotatable bonds is 2. The molecule has 0 amide bonds. The normalized spacial score (nSPS) is 10.9. The molecule has 0 N–H and O–H groups in total. The fourth-order valence-electron chi connectivity index (χ4n) is 2.97. The van der Waals surface area contributed by atoms with E-state index in [9.17, 15) is 0 Å². The van der Waals surface area contributed by atoms with Gasteiger partial charge in [0.25, 0.3) is 0 Å². The van der Waals surface area contributed by atoms with E-state index in [1.165, 1.54) is 22.1 Å². The molecule has 0 heterocycles. The topological polar surface area (TPSA) is 0 Å². The van der Waals surface area contributed by atoms with Crippen LogP contribution in [0.1, 0.15) is 5.56 Å². The molecular formula is C23H16Cl. The molecule has 0 aromatic heterocycles. The van der Waals surface area contributed by atoms with Gasteiger partial charge in [0.2, 0.25) is 0 Å². The van der Waals surface area contributed by atoms with E-state index in [1.807, 2.05) is 12.1 Å². The average molecular weight is 328 g/mol. The van der Waals surface area contributed by atoms with Crippen LogP contribution >= 0.6 is 11.6 Å². The number of benzene rings is 4. The van der Waals surface area contributed by atoms with E-state index >= 15 is 0 Å². The lowest BCUT2D eigenvalue weighted by Gasteiger charge is -2.12. The van der Waals surface area contributed by atoms with Gasteiger partial charge in [0.15, 0.2) is 0 Å². The fraction of sp³-hybridized carbons (Fsp3) is 0.0435. The Morgan fingerprint density at radius 3 is 2.17 bits per heavy atom. The Kier molecular flexibility index (Phi) is 3.84. The highest BCUT2D eigenvalue weighted by atomic mass is 35.5. The van der Waals surface area contributed by atoms with Gasteiger partial charge in [-0.05, 0) is 64.2 Å². The van der Waals surface area contributed by atoms with Crippen LogP contribution in [0.5, 0.6) is 0 Å². The van der Waals surface area contributed by atoms with Crippen LogP contribution in [0, 0.1) is 13.0 Å². The maximum Gasteiger partial charge on any atom is 0.0406 e. The van der Waals surface area contributed by atoms with Crippen LogP contribution in [0.15, 0.2) is 78.9 Å². The van der Waals surface area contributed by atoms with Gasteiger partial charge in [-0.25, -0.2) is 0 Å². The van der Waals surface area contributed by atoms with Crippen LogP contribution < -0.4 is 0 Å². The molecule has 24 heavy (non-hydrogen) atoms. The van der Waals surface area contributed by atoms with E-state index < -0.39 is 0 Å². The molecule has 0 aliphatic heterocycles. The zero-order chi connectivity index (χ0) is 16.5. The van der Waals surface area contributed by atoms with Crippen LogP contribution in [0.3, 0.4) is 0 Å². The maximum absolute atomic E-state index is 6.06. The molecule has 0 aliphatic carbocycles. The molecule has 1 heteroatoms. The van der Waals surface area contributed by atoms with Crippen LogP contribution in [-0.4, -0.2) is 0 Å². The molecule has 115 valence electrons. The summed E-state index contributed by atoms with van der Waals surface area (Å²) in [4.78, 5) is 0. The van der Waals surface area contributed by atoms with Gasteiger partial charge in [-0.15, -0.1) is 0 Å². The Balaban J connectivity index is 2.00. The van der Waals surface area contributed by atoms with Gasteiger partial charge in [0.05, 0.1) is 0 Å². The van der Waals surface area contributed by atoms with Crippen molar-refractivity contribution in [3.8, 4) is 22.3 Å². The zero-order valence-corrected chi connectivity index (χ0v) is 14.1. The summed E-state index contributed by atoms with van der Waals surface area (Å²) in [5.74, 6) is 0. The molecule has 0 atom stereocenters. The van der Waals surface area contributed by atoms with E-state index in [-0.39, 0.29) is 0 Å². The van der Waals surface area contributed by atoms with Gasteiger partial charge in [0.1, 0.15) is 0 Å². The van der Waals surface area contributed by atoms with E-state index in [1.54, 1.807) is 0 Å². The number of fused-ring (bicyclic) bond motifs is 1. The predicted molar refractivity (Wildman–Crippen MR) is 103 cm³/mol. The molecule has 0 aliphatic rings. The van der Waals surface area contributed by atoms with E-state index in [0.717, 1.165) is 21.5 Å². The molecule has 0 bridgehead atoms. The highest BCUT2D eigenvalue weighted by Crippen LogP contribution is 2.35. The van der Waals surface area contributed by atoms with Crippen molar-refractivity contribution in [1.29, 1.82) is 0 Å². The lowest BCUT2D eigenvalue weighted by molar-refractivity contribution is 1.47. The molecule has 0 nitrogen and oxygen atoms in total. The minimum absolute atomic E-state index is 0.750. The third-order valence-electron chi connectivity index (χ3n) is 4.29. The fourth-order valence-corrected chi connectivity index (χ4v) is 3.10. The number of halogens is 1. The second kappa shape index (κ2) is 6.14. The molecular weight excluding hydrogens is 312 g/mol. The average Bonchev–Trinajstić information content (AvgIpc) is 2.62. The Labute approximate surface area is 147 Å². The summed E-state index contributed by atoms with van der Waals surface area (Å²) >= 11 is 6.06. The highest BCUT2D eigenvalue weighted by molar-refractivity contribution is 6.30. The van der Waals surface area contributed by atoms with Gasteiger partial charge < -0.3 is 0 Å². The van der Waals surface area contributed by atoms with Crippen molar-refractivity contribution < 1.29 is 0 Å². The van der Waals surface area contributed by atoms with Crippen molar-refractivity contribution in [1.82, 2.24) is 0 Å². The van der Waals surface area contributed by atoms with Gasteiger partial charge in [-0.3, -0.25) is 0 Å². The standard InChI is InChI=1S/C23H16Cl/c1-16-6-8-17(9-7-16)22-14-19-4-2-3-5-20(19)15-23(22)18-10-12-21(24)13-11-18/h2-13,15H,1H3. The van der Waals surface area contributed by atoms with Crippen molar-refractivity contribution in [3.63, 3.8) is 0 Å². The number of hydrogen-bond donors (Lipinski definition) is 0. The lowest BCUT2D eigenvalue weighted by atomic mass is 9.91. The molecule has 1 radical (unpaired) electrons. The van der Waals surface area contributed by atoms with Crippen molar-refractivity contribution in [2.24, 2.45) is 0 Å². The largest absolute Gasteiger partial charge is 0.0843 e. The van der Waals surface area contributed by atoms with Crippen molar-refractivity contribution in [3.05, 3.63) is 95.5 Å². The molecule has 4 aromatic carbocycles. The van der Waals surface area contributed by atoms with Crippen LogP contribution in [0.4, 0.5) is 0 Å². The van der Waals surface area contributed by atoms with Crippen molar-refractivity contribution >= 4 is 22.4 Å². The second-order valence-electron chi connectivity index (χ2n) is 6.02. The minimum atomic E-state index is 0.750. The third-order valence-corrected chi connectivity index (χ3v) is 4.54. The van der Waals surface area contributed by atoms with Gasteiger partial charge in [0, 0.05) is 5.02 Å². The van der Waals surface area contributed by atoms with Crippen LogP contribution in [-0.2, 0) is 0 Å². The quantitative estimate of drug-likeness (QED) is 0.374. The molecule has 4 aromatic rings. The van der Waals surface area contributed by atoms with Gasteiger partial charge in [-0.2, -0.15) is 0 Å². The van der Waals surface area contributed by atoms with E-state index in [2.05, 4.69) is 79.7 Å². The summed E-state index contributed by atoms with van der Waals surface area (Å²) in [6.45, 7) is 2.11. The lowest BCUT2D eigenvalue weighted by Crippen LogP contribution is -1.88. The van der Waals surface area contributed by atoms with E-state index in [0.29, 0.717) is 0 Å². The van der Waals surface area contributed by atoms with Crippen LogP contribution in [0.2, 0.25) is 5.02 Å². The molecule has 0 fully saturated rings. The van der Waals surface area contributed by atoms with Gasteiger partial charge in [-0.1, -0.05) is 77.8 Å². The number of hydrogen-bond acceptors (Lipinski definition) is 0. The number of aryl methyl sites for hydroxylation is 1. The maximum atomic E-state index is 6.06. The first kappa shape index (κ1) is 15.0. The first-order valence-corrected chi connectivity index (χ1v) is 8.36. The van der Waals surface area contributed by atoms with Gasteiger partial charge >= 0.3 is 0 Å². The summed E-state index contributed by atoms with van der Waals surface area (Å²) in [7, 11) is 0. The Morgan fingerprint density at radius 2 is 1.42 bits per heavy atom. The summed E-state index contributed by atoms with van der Waals surface area (Å²) in [5.41, 5.74) is 5.88. The molecule has 0 saturated heterocycles. The zero-order valence-electron chi connectivity index (χ0n) is 13.4. The molecule has 0 saturated carbocycles. The highest BCUT2D eigenvalue weighted by Gasteiger charge is 2.10. The summed E-state index contributed by atoms with van der Waals surface area (Å²) in [6.07, 6.45) is 0. The SMILES string of the molecule is Cc1ccc(-c2[c]c3ccccc3cc2-c2ccc(Cl)cc2)cc1. The summed E-state index contributed by atoms with van der Waals surface area (Å²) in [5, 5.41) is 3.07. The third kappa shape index (κ3) is 2.81. The van der Waals surface area contributed by atoms with Crippen molar-refractivity contribution in [2.45, 2.75) is 6.92 Å². The summed E-state index contributed by atoms with van der Waals surface area (Å²) in [6, 6.07) is 30.8. The second-order valence-corrected chi connectivity index (χ2v) is 6.45. The molecule has 0 spiro atoms. The summed E-state index contributed by atoms with van der Waals surface area (Å²) < 4.78 is 0. The first-order valence-electron chi connectivity index (χ1n) is 7.99. The van der Waals surface area contributed by atoms with Crippen molar-refractivity contribution in [2.75, 3.05) is 0 Å². The minimum Gasteiger partial charge on any atom is -0.0843 e. The Hall–Kier alpha value is -2.57. The first-order chi connectivity index (χ1) is 11.7. The smallest absolute Gasteiger partial charge is 0.0406 e. The monoisotopic (exact) mass is 327 g/mol. The van der Waals surface area contributed by atoms with E-state index in [4.69, 9.17) is 11.6 Å². The Morgan fingerprint density at radius 1 is 0.750 bits per heavy atom. The predicted octanol–water partition coefficient (Wildman–Crippen LogP) is 6.94. The molecule has 0 unspecified atom stereocenters. The molecule has 4 rings (SSSR count).